The standard InChI is InChI=1S/C8H9N3O/c1-5-6-3-8(12-2)9-4-7(6)11-10-5/h3-4H,1-2H3,(H,10,11). The number of hydrogen-bond acceptors (Lipinski definition) is 3. The molecule has 0 atom stereocenters. The van der Waals surface area contributed by atoms with Crippen LogP contribution in [0.25, 0.3) is 10.9 Å². The number of aromatic nitrogens is 3. The molecule has 2 heterocycles. The molecule has 0 spiro atoms. The summed E-state index contributed by atoms with van der Waals surface area (Å²) in [4.78, 5) is 4.05. The molecule has 0 aliphatic heterocycles. The fourth-order valence-electron chi connectivity index (χ4n) is 1.14. The minimum Gasteiger partial charge on any atom is -0.481 e. The van der Waals surface area contributed by atoms with Gasteiger partial charge in [0, 0.05) is 11.5 Å². The van der Waals surface area contributed by atoms with Crippen molar-refractivity contribution in [1.29, 1.82) is 0 Å². The van der Waals surface area contributed by atoms with Crippen LogP contribution in [0.4, 0.5) is 0 Å². The SMILES string of the molecule is COc1cc2c(C)n[nH]c2cn1. The van der Waals surface area contributed by atoms with Gasteiger partial charge in [-0.3, -0.25) is 5.10 Å². The quantitative estimate of drug-likeness (QED) is 0.688. The lowest BCUT2D eigenvalue weighted by molar-refractivity contribution is 0.398. The van der Waals surface area contributed by atoms with Crippen LogP contribution in [0.5, 0.6) is 5.88 Å². The van der Waals surface area contributed by atoms with Crippen LogP contribution in [0.15, 0.2) is 12.3 Å². The molecule has 2 aromatic rings. The molecule has 4 nitrogen and oxygen atoms in total. The molecule has 4 heteroatoms. The van der Waals surface area contributed by atoms with Crippen molar-refractivity contribution in [3.8, 4) is 5.88 Å². The average Bonchev–Trinajstić information content (AvgIpc) is 2.47. The highest BCUT2D eigenvalue weighted by atomic mass is 16.5. The number of fused-ring (bicyclic) bond motifs is 1. The van der Waals surface area contributed by atoms with Gasteiger partial charge in [-0.25, -0.2) is 4.98 Å². The highest BCUT2D eigenvalue weighted by Gasteiger charge is 2.02. The lowest BCUT2D eigenvalue weighted by atomic mass is 10.2. The molecule has 0 aliphatic rings. The van der Waals surface area contributed by atoms with Crippen molar-refractivity contribution in [2.75, 3.05) is 7.11 Å². The first-order chi connectivity index (χ1) is 5.81. The zero-order valence-corrected chi connectivity index (χ0v) is 6.96. The fourth-order valence-corrected chi connectivity index (χ4v) is 1.14. The number of ether oxygens (including phenoxy) is 1. The monoisotopic (exact) mass is 163 g/mol. The number of aromatic amines is 1. The summed E-state index contributed by atoms with van der Waals surface area (Å²) in [5.74, 6) is 0.618. The van der Waals surface area contributed by atoms with E-state index in [0.717, 1.165) is 16.6 Å². The van der Waals surface area contributed by atoms with Crippen LogP contribution < -0.4 is 4.74 Å². The summed E-state index contributed by atoms with van der Waals surface area (Å²) < 4.78 is 4.99. The van der Waals surface area contributed by atoms with E-state index in [1.165, 1.54) is 0 Å². The molecule has 0 radical (unpaired) electrons. The number of nitrogens with zero attached hydrogens (tertiary/aromatic N) is 2. The first-order valence-electron chi connectivity index (χ1n) is 3.66. The van der Waals surface area contributed by atoms with E-state index in [0.29, 0.717) is 5.88 Å². The highest BCUT2D eigenvalue weighted by Crippen LogP contribution is 2.18. The van der Waals surface area contributed by atoms with Crippen LogP contribution in [-0.2, 0) is 0 Å². The normalized spacial score (nSPS) is 10.5. The summed E-state index contributed by atoms with van der Waals surface area (Å²) in [5.41, 5.74) is 1.90. The van der Waals surface area contributed by atoms with E-state index in [-0.39, 0.29) is 0 Å². The van der Waals surface area contributed by atoms with Crippen molar-refractivity contribution in [3.05, 3.63) is 18.0 Å². The number of aryl methyl sites for hydroxylation is 1. The largest absolute Gasteiger partial charge is 0.481 e. The minimum absolute atomic E-state index is 0.618. The second-order valence-corrected chi connectivity index (χ2v) is 2.58. The second-order valence-electron chi connectivity index (χ2n) is 2.58. The Bertz CT molecular complexity index is 408. The number of rotatable bonds is 1. The second kappa shape index (κ2) is 2.48. The van der Waals surface area contributed by atoms with Gasteiger partial charge in [-0.2, -0.15) is 5.10 Å². The maximum Gasteiger partial charge on any atom is 0.213 e. The zero-order chi connectivity index (χ0) is 8.55. The third-order valence-corrected chi connectivity index (χ3v) is 1.82. The van der Waals surface area contributed by atoms with Gasteiger partial charge < -0.3 is 4.74 Å². The van der Waals surface area contributed by atoms with Crippen molar-refractivity contribution in [2.24, 2.45) is 0 Å². The van der Waals surface area contributed by atoms with Crippen molar-refractivity contribution >= 4 is 10.9 Å². The molecule has 12 heavy (non-hydrogen) atoms. The van der Waals surface area contributed by atoms with Gasteiger partial charge in [-0.05, 0) is 6.92 Å². The lowest BCUT2D eigenvalue weighted by Gasteiger charge is -1.96. The van der Waals surface area contributed by atoms with E-state index < -0.39 is 0 Å². The predicted octanol–water partition coefficient (Wildman–Crippen LogP) is 1.27. The van der Waals surface area contributed by atoms with Crippen molar-refractivity contribution in [3.63, 3.8) is 0 Å². The van der Waals surface area contributed by atoms with Crippen molar-refractivity contribution < 1.29 is 4.74 Å². The average molecular weight is 163 g/mol. The van der Waals surface area contributed by atoms with E-state index in [1.54, 1.807) is 13.3 Å². The topological polar surface area (TPSA) is 50.8 Å². The van der Waals surface area contributed by atoms with E-state index in [2.05, 4.69) is 15.2 Å². The molecule has 0 saturated heterocycles. The molecule has 2 aromatic heterocycles. The first kappa shape index (κ1) is 7.09. The molecule has 0 bridgehead atoms. The van der Waals surface area contributed by atoms with Crippen LogP contribution in [-0.4, -0.2) is 22.3 Å². The van der Waals surface area contributed by atoms with Gasteiger partial charge in [0.1, 0.15) is 0 Å². The smallest absolute Gasteiger partial charge is 0.213 e. The number of methoxy groups -OCH3 is 1. The Kier molecular flexibility index (Phi) is 1.46. The molecule has 0 fully saturated rings. The maximum atomic E-state index is 4.99. The van der Waals surface area contributed by atoms with Gasteiger partial charge in [0.2, 0.25) is 5.88 Å². The Hall–Kier alpha value is -1.58. The Morgan fingerprint density at radius 2 is 2.33 bits per heavy atom. The summed E-state index contributed by atoms with van der Waals surface area (Å²) in [7, 11) is 1.60. The molecular weight excluding hydrogens is 154 g/mol. The lowest BCUT2D eigenvalue weighted by Crippen LogP contribution is -1.85. The van der Waals surface area contributed by atoms with Gasteiger partial charge >= 0.3 is 0 Å². The molecule has 0 saturated carbocycles. The molecule has 0 amide bonds. The summed E-state index contributed by atoms with van der Waals surface area (Å²) in [6.07, 6.45) is 1.72. The molecular formula is C8H9N3O. The zero-order valence-electron chi connectivity index (χ0n) is 6.96. The Balaban J connectivity index is 2.71. The summed E-state index contributed by atoms with van der Waals surface area (Å²) >= 11 is 0. The third kappa shape index (κ3) is 0.922. The predicted molar refractivity (Wildman–Crippen MR) is 45.2 cm³/mol. The van der Waals surface area contributed by atoms with Crippen LogP contribution >= 0.6 is 0 Å². The van der Waals surface area contributed by atoms with Gasteiger partial charge in [0.15, 0.2) is 0 Å². The van der Waals surface area contributed by atoms with Crippen molar-refractivity contribution in [2.45, 2.75) is 6.92 Å². The Labute approximate surface area is 69.6 Å². The number of nitrogens with one attached hydrogen (secondary N) is 1. The molecule has 0 aliphatic carbocycles. The van der Waals surface area contributed by atoms with Crippen molar-refractivity contribution in [1.82, 2.24) is 15.2 Å². The van der Waals surface area contributed by atoms with Crippen LogP contribution in [0.1, 0.15) is 5.69 Å². The molecule has 1 N–H and O–H groups in total. The van der Waals surface area contributed by atoms with E-state index in [9.17, 15) is 0 Å². The third-order valence-electron chi connectivity index (χ3n) is 1.82. The van der Waals surface area contributed by atoms with E-state index in [1.807, 2.05) is 13.0 Å². The van der Waals surface area contributed by atoms with E-state index in [4.69, 9.17) is 4.74 Å². The first-order valence-corrected chi connectivity index (χ1v) is 3.66. The van der Waals surface area contributed by atoms with Crippen LogP contribution in [0, 0.1) is 6.92 Å². The minimum atomic E-state index is 0.618. The number of pyridine rings is 1. The summed E-state index contributed by atoms with van der Waals surface area (Å²) in [6.45, 7) is 1.94. The molecule has 62 valence electrons. The van der Waals surface area contributed by atoms with Gasteiger partial charge in [0.25, 0.3) is 0 Å². The Morgan fingerprint density at radius 1 is 1.50 bits per heavy atom. The maximum absolute atomic E-state index is 4.99. The van der Waals surface area contributed by atoms with Gasteiger partial charge in [0.05, 0.1) is 24.5 Å². The fraction of sp³-hybridized carbons (Fsp3) is 0.250. The summed E-state index contributed by atoms with van der Waals surface area (Å²) in [5, 5.41) is 7.98. The molecule has 2 rings (SSSR count). The van der Waals surface area contributed by atoms with Gasteiger partial charge in [-0.1, -0.05) is 0 Å². The molecule has 0 aromatic carbocycles. The van der Waals surface area contributed by atoms with E-state index >= 15 is 0 Å². The Morgan fingerprint density at radius 3 is 3.08 bits per heavy atom. The van der Waals surface area contributed by atoms with Crippen LogP contribution in [0.2, 0.25) is 0 Å². The van der Waals surface area contributed by atoms with Gasteiger partial charge in [-0.15, -0.1) is 0 Å². The number of H-pyrrole nitrogens is 1. The summed E-state index contributed by atoms with van der Waals surface area (Å²) in [6, 6.07) is 1.87. The van der Waals surface area contributed by atoms with Crippen LogP contribution in [0.3, 0.4) is 0 Å². The molecule has 0 unspecified atom stereocenters. The number of hydrogen-bond donors (Lipinski definition) is 1. The highest BCUT2D eigenvalue weighted by molar-refractivity contribution is 5.81.